The molecule has 0 saturated heterocycles. The normalized spacial score (nSPS) is 12.3. The molecule has 2 aromatic carbocycles. The maximum atomic E-state index is 12.5. The van der Waals surface area contributed by atoms with Crippen molar-refractivity contribution >= 4 is 35.0 Å². The number of hydrogen-bond donors (Lipinski definition) is 1. The molecule has 33 heavy (non-hydrogen) atoms. The van der Waals surface area contributed by atoms with Crippen LogP contribution in [0.25, 0.3) is 0 Å². The van der Waals surface area contributed by atoms with E-state index in [1.165, 1.54) is 17.3 Å². The van der Waals surface area contributed by atoms with Gasteiger partial charge in [0.25, 0.3) is 0 Å². The number of carbonyl (C=O) groups is 1. The number of nitrogens with zero attached hydrogens (tertiary/aromatic N) is 3. The molecule has 0 bridgehead atoms. The molecule has 0 fully saturated rings. The van der Waals surface area contributed by atoms with E-state index in [4.69, 9.17) is 16.3 Å². The molecule has 0 radical (unpaired) electrons. The van der Waals surface area contributed by atoms with Crippen LogP contribution in [0.15, 0.2) is 47.6 Å². The first-order chi connectivity index (χ1) is 15.7. The Kier molecular flexibility index (Phi) is 8.43. The monoisotopic (exact) mass is 486 g/mol. The van der Waals surface area contributed by atoms with Crippen LogP contribution in [-0.2, 0) is 4.79 Å². The van der Waals surface area contributed by atoms with Crippen LogP contribution in [0.3, 0.4) is 0 Å². The number of benzene rings is 2. The predicted octanol–water partition coefficient (Wildman–Crippen LogP) is 6.82. The number of rotatable bonds is 9. The molecule has 0 aliphatic rings. The van der Waals surface area contributed by atoms with E-state index in [2.05, 4.69) is 55.3 Å². The first-order valence-corrected chi connectivity index (χ1v) is 12.4. The van der Waals surface area contributed by atoms with Gasteiger partial charge in [0.15, 0.2) is 17.1 Å². The second-order valence-electron chi connectivity index (χ2n) is 8.59. The topological polar surface area (TPSA) is 69.0 Å². The number of thioether (sulfide) groups is 1. The fraction of sp³-hybridized carbons (Fsp3) is 0.400. The molecule has 1 unspecified atom stereocenters. The summed E-state index contributed by atoms with van der Waals surface area (Å²) in [5, 5.41) is 12.9. The van der Waals surface area contributed by atoms with Gasteiger partial charge in [0, 0.05) is 16.8 Å². The lowest BCUT2D eigenvalue weighted by Gasteiger charge is -2.19. The van der Waals surface area contributed by atoms with Crippen LogP contribution in [0.5, 0.6) is 5.75 Å². The minimum atomic E-state index is -0.289. The highest BCUT2D eigenvalue weighted by Gasteiger charge is 2.22. The molecule has 1 N–H and O–H groups in total. The van der Waals surface area contributed by atoms with Gasteiger partial charge in [0.2, 0.25) is 5.91 Å². The van der Waals surface area contributed by atoms with E-state index in [-0.39, 0.29) is 23.8 Å². The summed E-state index contributed by atoms with van der Waals surface area (Å²) in [7, 11) is 0. The van der Waals surface area contributed by atoms with Crippen molar-refractivity contribution in [3.63, 3.8) is 0 Å². The molecule has 0 spiro atoms. The highest BCUT2D eigenvalue weighted by molar-refractivity contribution is 7.99. The first kappa shape index (κ1) is 25.1. The Hall–Kier alpha value is -2.51. The van der Waals surface area contributed by atoms with Gasteiger partial charge in [-0.25, -0.2) is 0 Å². The molecular weight excluding hydrogens is 456 g/mol. The fourth-order valence-corrected chi connectivity index (χ4v) is 4.39. The summed E-state index contributed by atoms with van der Waals surface area (Å²) in [6, 6.07) is 13.7. The molecule has 3 rings (SSSR count). The van der Waals surface area contributed by atoms with Crippen LogP contribution < -0.4 is 10.1 Å². The van der Waals surface area contributed by atoms with Crippen LogP contribution in [0.2, 0.25) is 5.02 Å². The second-order valence-corrected chi connectivity index (χ2v) is 9.94. The Morgan fingerprint density at radius 2 is 1.79 bits per heavy atom. The van der Waals surface area contributed by atoms with Crippen molar-refractivity contribution in [1.29, 1.82) is 0 Å². The third-order valence-corrected chi connectivity index (χ3v) is 6.57. The average molecular weight is 487 g/mol. The predicted molar refractivity (Wildman–Crippen MR) is 136 cm³/mol. The number of hydrogen-bond acceptors (Lipinski definition) is 5. The fourth-order valence-electron chi connectivity index (χ4n) is 3.34. The van der Waals surface area contributed by atoms with Crippen molar-refractivity contribution in [3.8, 4) is 5.75 Å². The number of carbonyl (C=O) groups excluding carboxylic acids is 1. The molecule has 1 heterocycles. The Bertz CT molecular complexity index is 1100. The maximum absolute atomic E-state index is 12.5. The summed E-state index contributed by atoms with van der Waals surface area (Å²) >= 11 is 7.50. The van der Waals surface area contributed by atoms with E-state index in [0.717, 1.165) is 17.1 Å². The summed E-state index contributed by atoms with van der Waals surface area (Å²) in [5.41, 5.74) is 2.91. The zero-order valence-electron chi connectivity index (χ0n) is 19.9. The number of ether oxygens (including phenoxy) is 1. The molecule has 3 aromatic rings. The van der Waals surface area contributed by atoms with Crippen LogP contribution >= 0.6 is 23.4 Å². The number of aryl methyl sites for hydroxylation is 1. The lowest BCUT2D eigenvalue weighted by atomic mass is 10.0. The van der Waals surface area contributed by atoms with Crippen molar-refractivity contribution in [1.82, 2.24) is 14.8 Å². The summed E-state index contributed by atoms with van der Waals surface area (Å²) in [4.78, 5) is 12.5. The van der Waals surface area contributed by atoms with Crippen LogP contribution in [0.1, 0.15) is 69.6 Å². The summed E-state index contributed by atoms with van der Waals surface area (Å²) in [6.07, 6.45) is -0.289. The third kappa shape index (κ3) is 6.51. The molecule has 0 aliphatic carbocycles. The Morgan fingerprint density at radius 1 is 1.09 bits per heavy atom. The van der Waals surface area contributed by atoms with E-state index in [1.54, 1.807) is 6.07 Å². The standard InChI is InChI=1S/C25H31ClN4O2S/c1-15(2)19-8-11-21(12-9-19)32-18(6)24-28-29-25(30(24)16(3)4)33-14-23(31)27-20-10-7-17(5)22(26)13-20/h7-13,15-16,18H,14H2,1-6H3,(H,27,31). The minimum absolute atomic E-state index is 0.117. The van der Waals surface area contributed by atoms with Gasteiger partial charge in [-0.15, -0.1) is 10.2 Å². The van der Waals surface area contributed by atoms with Crippen molar-refractivity contribution in [2.75, 3.05) is 11.1 Å². The third-order valence-electron chi connectivity index (χ3n) is 5.22. The van der Waals surface area contributed by atoms with Gasteiger partial charge in [-0.1, -0.05) is 55.4 Å². The number of aromatic nitrogens is 3. The van der Waals surface area contributed by atoms with E-state index < -0.39 is 0 Å². The average Bonchev–Trinajstić information content (AvgIpc) is 3.20. The van der Waals surface area contributed by atoms with Gasteiger partial charge < -0.3 is 14.6 Å². The van der Waals surface area contributed by atoms with Gasteiger partial charge in [0.1, 0.15) is 5.75 Å². The SMILES string of the molecule is Cc1ccc(NC(=O)CSc2nnc(C(C)Oc3ccc(C(C)C)cc3)n2C(C)C)cc1Cl. The van der Waals surface area contributed by atoms with E-state index in [9.17, 15) is 4.79 Å². The maximum Gasteiger partial charge on any atom is 0.234 e. The summed E-state index contributed by atoms with van der Waals surface area (Å²) in [5.74, 6) is 2.07. The quantitative estimate of drug-likeness (QED) is 0.336. The number of halogens is 1. The lowest BCUT2D eigenvalue weighted by Crippen LogP contribution is -2.16. The largest absolute Gasteiger partial charge is 0.483 e. The molecule has 0 saturated carbocycles. The van der Waals surface area contributed by atoms with Gasteiger partial charge in [-0.3, -0.25) is 4.79 Å². The molecular formula is C25H31ClN4O2S. The summed E-state index contributed by atoms with van der Waals surface area (Å²) in [6.45, 7) is 12.3. The Balaban J connectivity index is 1.66. The minimum Gasteiger partial charge on any atom is -0.483 e. The van der Waals surface area contributed by atoms with Crippen molar-refractivity contribution in [2.24, 2.45) is 0 Å². The molecule has 8 heteroatoms. The Labute approximate surface area is 205 Å². The lowest BCUT2D eigenvalue weighted by molar-refractivity contribution is -0.113. The first-order valence-electron chi connectivity index (χ1n) is 11.1. The number of amides is 1. The van der Waals surface area contributed by atoms with Gasteiger partial charge in [-0.2, -0.15) is 0 Å². The van der Waals surface area contributed by atoms with Gasteiger partial charge in [-0.05, 0) is 69.0 Å². The smallest absolute Gasteiger partial charge is 0.234 e. The number of nitrogens with one attached hydrogen (secondary N) is 1. The van der Waals surface area contributed by atoms with Gasteiger partial charge >= 0.3 is 0 Å². The second kappa shape index (κ2) is 11.1. The highest BCUT2D eigenvalue weighted by atomic mass is 35.5. The molecule has 1 atom stereocenters. The Morgan fingerprint density at radius 3 is 2.39 bits per heavy atom. The number of anilines is 1. The zero-order valence-corrected chi connectivity index (χ0v) is 21.5. The molecule has 6 nitrogen and oxygen atoms in total. The van der Waals surface area contributed by atoms with E-state index in [0.29, 0.717) is 21.8 Å². The highest BCUT2D eigenvalue weighted by Crippen LogP contribution is 2.28. The molecule has 0 aliphatic heterocycles. The van der Waals surface area contributed by atoms with Gasteiger partial charge in [0.05, 0.1) is 5.75 Å². The van der Waals surface area contributed by atoms with E-state index >= 15 is 0 Å². The zero-order chi connectivity index (χ0) is 24.1. The van der Waals surface area contributed by atoms with Crippen LogP contribution in [0, 0.1) is 6.92 Å². The molecule has 1 aromatic heterocycles. The molecule has 1 amide bonds. The van der Waals surface area contributed by atoms with Crippen molar-refractivity contribution in [2.45, 2.75) is 64.8 Å². The van der Waals surface area contributed by atoms with Crippen molar-refractivity contribution < 1.29 is 9.53 Å². The van der Waals surface area contributed by atoms with E-state index in [1.807, 2.05) is 42.7 Å². The summed E-state index contributed by atoms with van der Waals surface area (Å²) < 4.78 is 8.16. The van der Waals surface area contributed by atoms with Crippen molar-refractivity contribution in [3.05, 3.63) is 64.4 Å². The van der Waals surface area contributed by atoms with Crippen LogP contribution in [-0.4, -0.2) is 26.4 Å². The molecule has 176 valence electrons. The van der Waals surface area contributed by atoms with Crippen LogP contribution in [0.4, 0.5) is 5.69 Å².